The Morgan fingerprint density at radius 1 is 1.55 bits per heavy atom. The van der Waals surface area contributed by atoms with E-state index in [1.165, 1.54) is 0 Å². The van der Waals surface area contributed by atoms with E-state index < -0.39 is 0 Å². The molecule has 0 N–H and O–H groups in total. The maximum atomic E-state index is 12.5. The summed E-state index contributed by atoms with van der Waals surface area (Å²) in [7, 11) is 0. The second-order valence-electron chi connectivity index (χ2n) is 4.83. The van der Waals surface area contributed by atoms with Gasteiger partial charge in [0, 0.05) is 13.1 Å². The monoisotopic (exact) mass is 292 g/mol. The Balaban J connectivity index is 1.85. The Labute approximate surface area is 121 Å². The van der Waals surface area contributed by atoms with E-state index >= 15 is 0 Å². The first kappa shape index (κ1) is 13.3. The number of carbonyl (C=O) groups is 1. The van der Waals surface area contributed by atoms with Crippen molar-refractivity contribution < 1.29 is 13.9 Å². The van der Waals surface area contributed by atoms with Crippen LogP contribution in [0.1, 0.15) is 23.2 Å². The number of hydrogen-bond donors (Lipinski definition) is 0. The van der Waals surface area contributed by atoms with Gasteiger partial charge in [0.2, 0.25) is 5.89 Å². The molecule has 0 saturated carbocycles. The minimum atomic E-state index is -0.0794. The summed E-state index contributed by atoms with van der Waals surface area (Å²) in [5.41, 5.74) is 0.405. The Morgan fingerprint density at radius 3 is 3.10 bits per heavy atom. The van der Waals surface area contributed by atoms with Crippen LogP contribution in [-0.2, 0) is 4.74 Å². The third kappa shape index (κ3) is 2.48. The molecular formula is C14H16N2O3S. The van der Waals surface area contributed by atoms with Crippen molar-refractivity contribution in [3.63, 3.8) is 0 Å². The number of amides is 1. The normalized spacial score (nSPS) is 19.3. The van der Waals surface area contributed by atoms with Crippen LogP contribution >= 0.6 is 11.3 Å². The summed E-state index contributed by atoms with van der Waals surface area (Å²) in [6.07, 6.45) is 0.0664. The zero-order valence-electron chi connectivity index (χ0n) is 11.5. The number of hydrogen-bond acceptors (Lipinski definition) is 5. The van der Waals surface area contributed by atoms with Crippen LogP contribution < -0.4 is 0 Å². The number of thiophene rings is 1. The summed E-state index contributed by atoms with van der Waals surface area (Å²) in [6.45, 7) is 5.51. The van der Waals surface area contributed by atoms with Gasteiger partial charge in [-0.05, 0) is 25.3 Å². The topological polar surface area (TPSA) is 55.6 Å². The highest BCUT2D eigenvalue weighted by molar-refractivity contribution is 7.13. The number of rotatable bonds is 2. The van der Waals surface area contributed by atoms with Crippen LogP contribution in [0.4, 0.5) is 0 Å². The SMILES string of the molecule is Cc1oc(-c2cccs2)nc1C(=O)N1CCO[C@H](C)C1. The number of carbonyl (C=O) groups excluding carboxylic acids is 1. The zero-order chi connectivity index (χ0) is 14.1. The maximum absolute atomic E-state index is 12.5. The molecular weight excluding hydrogens is 276 g/mol. The second-order valence-corrected chi connectivity index (χ2v) is 5.78. The van der Waals surface area contributed by atoms with E-state index in [2.05, 4.69) is 4.98 Å². The van der Waals surface area contributed by atoms with E-state index in [-0.39, 0.29) is 12.0 Å². The average molecular weight is 292 g/mol. The molecule has 0 unspecified atom stereocenters. The van der Waals surface area contributed by atoms with E-state index in [1.54, 1.807) is 23.2 Å². The molecule has 0 bridgehead atoms. The molecule has 1 saturated heterocycles. The predicted molar refractivity (Wildman–Crippen MR) is 75.9 cm³/mol. The fourth-order valence-corrected chi connectivity index (χ4v) is 2.90. The number of nitrogens with zero attached hydrogens (tertiary/aromatic N) is 2. The van der Waals surface area contributed by atoms with Crippen LogP contribution in [-0.4, -0.2) is 41.6 Å². The first-order chi connectivity index (χ1) is 9.65. The average Bonchev–Trinajstić information content (AvgIpc) is 3.07. The zero-order valence-corrected chi connectivity index (χ0v) is 12.3. The Bertz CT molecular complexity index is 606. The summed E-state index contributed by atoms with van der Waals surface area (Å²) in [4.78, 5) is 19.6. The molecule has 3 rings (SSSR count). The van der Waals surface area contributed by atoms with Crippen LogP contribution in [0.25, 0.3) is 10.8 Å². The first-order valence-corrected chi connectivity index (χ1v) is 7.45. The standard InChI is InChI=1S/C14H16N2O3S/c1-9-8-16(5-6-18-9)14(17)12-10(2)19-13(15-12)11-4-3-7-20-11/h3-4,7,9H,5-6,8H2,1-2H3/t9-/m1/s1. The molecule has 0 spiro atoms. The minimum Gasteiger partial charge on any atom is -0.440 e. The summed E-state index contributed by atoms with van der Waals surface area (Å²) < 4.78 is 11.1. The molecule has 5 nitrogen and oxygen atoms in total. The van der Waals surface area contributed by atoms with Gasteiger partial charge in [0.05, 0.1) is 17.6 Å². The van der Waals surface area contributed by atoms with E-state index in [0.717, 1.165) is 4.88 Å². The molecule has 1 aliphatic heterocycles. The van der Waals surface area contributed by atoms with Crippen LogP contribution in [0.3, 0.4) is 0 Å². The first-order valence-electron chi connectivity index (χ1n) is 6.57. The lowest BCUT2D eigenvalue weighted by Gasteiger charge is -2.30. The maximum Gasteiger partial charge on any atom is 0.276 e. The van der Waals surface area contributed by atoms with Gasteiger partial charge in [-0.2, -0.15) is 0 Å². The van der Waals surface area contributed by atoms with Gasteiger partial charge in [0.1, 0.15) is 5.76 Å². The van der Waals surface area contributed by atoms with Crippen molar-refractivity contribution in [3.8, 4) is 10.8 Å². The summed E-state index contributed by atoms with van der Waals surface area (Å²) in [5, 5.41) is 1.96. The summed E-state index contributed by atoms with van der Waals surface area (Å²) in [5.74, 6) is 1.00. The molecule has 2 aromatic rings. The lowest BCUT2D eigenvalue weighted by Crippen LogP contribution is -2.44. The molecule has 0 radical (unpaired) electrons. The van der Waals surface area contributed by atoms with Crippen molar-refractivity contribution in [1.29, 1.82) is 0 Å². The molecule has 2 aromatic heterocycles. The highest BCUT2D eigenvalue weighted by Crippen LogP contribution is 2.26. The van der Waals surface area contributed by atoms with Crippen LogP contribution in [0.2, 0.25) is 0 Å². The highest BCUT2D eigenvalue weighted by atomic mass is 32.1. The number of oxazole rings is 1. The molecule has 1 aliphatic rings. The fourth-order valence-electron chi connectivity index (χ4n) is 2.25. The third-order valence-electron chi connectivity index (χ3n) is 3.26. The number of ether oxygens (including phenoxy) is 1. The molecule has 1 atom stereocenters. The van der Waals surface area contributed by atoms with E-state index in [1.807, 2.05) is 24.4 Å². The molecule has 20 heavy (non-hydrogen) atoms. The molecule has 3 heterocycles. The molecule has 106 valence electrons. The van der Waals surface area contributed by atoms with Crippen LogP contribution in [0.5, 0.6) is 0 Å². The van der Waals surface area contributed by atoms with Crippen molar-refractivity contribution in [2.75, 3.05) is 19.7 Å². The lowest BCUT2D eigenvalue weighted by molar-refractivity contribution is -0.0126. The third-order valence-corrected chi connectivity index (χ3v) is 4.12. The number of morpholine rings is 1. The smallest absolute Gasteiger partial charge is 0.276 e. The van der Waals surface area contributed by atoms with Gasteiger partial charge < -0.3 is 14.1 Å². The summed E-state index contributed by atoms with van der Waals surface area (Å²) >= 11 is 1.54. The fraction of sp³-hybridized carbons (Fsp3) is 0.429. The molecule has 6 heteroatoms. The predicted octanol–water partition coefficient (Wildman–Crippen LogP) is 2.57. The van der Waals surface area contributed by atoms with Gasteiger partial charge in [-0.3, -0.25) is 4.79 Å². The molecule has 1 amide bonds. The molecule has 0 aromatic carbocycles. The largest absolute Gasteiger partial charge is 0.440 e. The van der Waals surface area contributed by atoms with Gasteiger partial charge in [-0.15, -0.1) is 11.3 Å². The quantitative estimate of drug-likeness (QED) is 0.853. The van der Waals surface area contributed by atoms with Gasteiger partial charge in [-0.1, -0.05) is 6.07 Å². The van der Waals surface area contributed by atoms with Gasteiger partial charge in [-0.25, -0.2) is 4.98 Å². The minimum absolute atomic E-state index is 0.0664. The van der Waals surface area contributed by atoms with Crippen molar-refractivity contribution in [2.24, 2.45) is 0 Å². The van der Waals surface area contributed by atoms with E-state index in [4.69, 9.17) is 9.15 Å². The number of aryl methyl sites for hydroxylation is 1. The van der Waals surface area contributed by atoms with Crippen molar-refractivity contribution in [3.05, 3.63) is 29.0 Å². The van der Waals surface area contributed by atoms with Gasteiger partial charge >= 0.3 is 0 Å². The van der Waals surface area contributed by atoms with Crippen LogP contribution in [0.15, 0.2) is 21.9 Å². The highest BCUT2D eigenvalue weighted by Gasteiger charge is 2.27. The van der Waals surface area contributed by atoms with Gasteiger partial charge in [0.25, 0.3) is 5.91 Å². The lowest BCUT2D eigenvalue weighted by atomic mass is 10.2. The van der Waals surface area contributed by atoms with Crippen LogP contribution in [0, 0.1) is 6.92 Å². The second kappa shape index (κ2) is 5.38. The summed E-state index contributed by atoms with van der Waals surface area (Å²) in [6, 6.07) is 3.87. The van der Waals surface area contributed by atoms with E-state index in [0.29, 0.717) is 37.0 Å². The Morgan fingerprint density at radius 2 is 2.40 bits per heavy atom. The Kier molecular flexibility index (Phi) is 3.58. The molecule has 1 fully saturated rings. The van der Waals surface area contributed by atoms with Crippen molar-refractivity contribution in [1.82, 2.24) is 9.88 Å². The number of aromatic nitrogens is 1. The molecule has 0 aliphatic carbocycles. The van der Waals surface area contributed by atoms with Gasteiger partial charge in [0.15, 0.2) is 5.69 Å². The van der Waals surface area contributed by atoms with Crippen molar-refractivity contribution in [2.45, 2.75) is 20.0 Å². The Hall–Kier alpha value is -1.66. The van der Waals surface area contributed by atoms with E-state index in [9.17, 15) is 4.79 Å². The van der Waals surface area contributed by atoms with Crippen molar-refractivity contribution >= 4 is 17.2 Å².